The average Bonchev–Trinajstić information content (AvgIpc) is 2.35. The fourth-order valence-corrected chi connectivity index (χ4v) is 1.98. The number of ether oxygens (including phenoxy) is 1. The van der Waals surface area contributed by atoms with Crippen LogP contribution in [-0.4, -0.2) is 24.1 Å². The van der Waals surface area contributed by atoms with Crippen LogP contribution < -0.4 is 11.1 Å². The molecule has 0 fully saturated rings. The molecule has 0 heterocycles. The van der Waals surface area contributed by atoms with E-state index in [9.17, 15) is 4.79 Å². The largest absolute Gasteiger partial charge is 0.467 e. The molecule has 4 nitrogen and oxygen atoms in total. The Balaban J connectivity index is 3.09. The van der Waals surface area contributed by atoms with Crippen molar-refractivity contribution in [3.05, 3.63) is 28.8 Å². The van der Waals surface area contributed by atoms with E-state index in [-0.39, 0.29) is 16.9 Å². The highest BCUT2D eigenvalue weighted by Gasteiger charge is 2.23. The van der Waals surface area contributed by atoms with Gasteiger partial charge in [-0.05, 0) is 24.1 Å². The van der Waals surface area contributed by atoms with Gasteiger partial charge in [-0.2, -0.15) is 0 Å². The van der Waals surface area contributed by atoms with Crippen LogP contribution in [0.15, 0.2) is 18.2 Å². The van der Waals surface area contributed by atoms with Crippen molar-refractivity contribution < 1.29 is 9.53 Å². The van der Waals surface area contributed by atoms with Crippen LogP contribution in [0, 0.1) is 5.92 Å². The van der Waals surface area contributed by atoms with Crippen molar-refractivity contribution in [3.8, 4) is 0 Å². The summed E-state index contributed by atoms with van der Waals surface area (Å²) in [5.74, 6) is -0.277. The Morgan fingerprint density at radius 2 is 2.11 bits per heavy atom. The van der Waals surface area contributed by atoms with Crippen LogP contribution in [0.3, 0.4) is 0 Å². The second kappa shape index (κ2) is 6.73. The molecule has 0 aliphatic carbocycles. The zero-order valence-electron chi connectivity index (χ0n) is 11.1. The summed E-state index contributed by atoms with van der Waals surface area (Å²) in [4.78, 5) is 12.0. The zero-order chi connectivity index (χ0) is 14.6. The number of carbonyl (C=O) groups excluding carboxylic acids is 1. The first kappa shape index (κ1) is 15.7. The second-order valence-corrected chi connectivity index (χ2v) is 5.32. The summed E-state index contributed by atoms with van der Waals surface area (Å²) in [5, 5.41) is 3.64. The molecular weight excluding hydrogens is 284 g/mol. The maximum absolute atomic E-state index is 11.7. The highest BCUT2D eigenvalue weighted by molar-refractivity contribution is 7.80. The third-order valence-electron chi connectivity index (χ3n) is 2.68. The van der Waals surface area contributed by atoms with Gasteiger partial charge in [-0.1, -0.05) is 37.7 Å². The SMILES string of the molecule is COC(=O)C(Nc1ccc(Cl)cc1C(N)=S)C(C)C. The number of rotatable bonds is 5. The number of hydrogen-bond donors (Lipinski definition) is 2. The number of esters is 1. The molecule has 104 valence electrons. The lowest BCUT2D eigenvalue weighted by Gasteiger charge is -2.22. The Morgan fingerprint density at radius 3 is 2.58 bits per heavy atom. The Morgan fingerprint density at radius 1 is 1.47 bits per heavy atom. The van der Waals surface area contributed by atoms with Crippen LogP contribution in [0.2, 0.25) is 5.02 Å². The van der Waals surface area contributed by atoms with E-state index in [0.29, 0.717) is 16.3 Å². The molecule has 1 aromatic carbocycles. The summed E-state index contributed by atoms with van der Waals surface area (Å²) >= 11 is 10.9. The molecule has 1 unspecified atom stereocenters. The number of thiocarbonyl (C=S) groups is 1. The van der Waals surface area contributed by atoms with Gasteiger partial charge in [0.05, 0.1) is 7.11 Å². The van der Waals surface area contributed by atoms with Crippen LogP contribution in [0.1, 0.15) is 19.4 Å². The highest BCUT2D eigenvalue weighted by atomic mass is 35.5. The van der Waals surface area contributed by atoms with Crippen molar-refractivity contribution in [1.82, 2.24) is 0 Å². The number of carbonyl (C=O) groups is 1. The smallest absolute Gasteiger partial charge is 0.328 e. The van der Waals surface area contributed by atoms with Gasteiger partial charge in [0.15, 0.2) is 0 Å². The van der Waals surface area contributed by atoms with Crippen LogP contribution >= 0.6 is 23.8 Å². The molecule has 0 saturated heterocycles. The van der Waals surface area contributed by atoms with Crippen LogP contribution in [0.25, 0.3) is 0 Å². The summed E-state index contributed by atoms with van der Waals surface area (Å²) in [7, 11) is 1.36. The lowest BCUT2D eigenvalue weighted by molar-refractivity contribution is -0.142. The predicted octanol–water partition coefficient (Wildman–Crippen LogP) is 2.58. The molecule has 0 spiro atoms. The molecule has 1 aromatic rings. The minimum absolute atomic E-state index is 0.0577. The maximum Gasteiger partial charge on any atom is 0.328 e. The molecule has 0 aliphatic rings. The molecule has 0 aromatic heterocycles. The topological polar surface area (TPSA) is 64.3 Å². The van der Waals surface area contributed by atoms with Gasteiger partial charge in [0.2, 0.25) is 0 Å². The van der Waals surface area contributed by atoms with Crippen LogP contribution in [0.4, 0.5) is 5.69 Å². The number of anilines is 1. The van der Waals surface area contributed by atoms with Gasteiger partial charge in [-0.15, -0.1) is 0 Å². The molecule has 0 aliphatic heterocycles. The molecule has 0 amide bonds. The summed E-state index contributed by atoms with van der Waals surface area (Å²) in [6.45, 7) is 3.84. The van der Waals surface area contributed by atoms with Crippen LogP contribution in [0.5, 0.6) is 0 Å². The minimum atomic E-state index is -0.473. The van der Waals surface area contributed by atoms with Crippen molar-refractivity contribution in [1.29, 1.82) is 0 Å². The first-order valence-corrected chi connectivity index (χ1v) is 6.59. The van der Waals surface area contributed by atoms with Gasteiger partial charge >= 0.3 is 5.97 Å². The fourth-order valence-electron chi connectivity index (χ4n) is 1.64. The molecule has 1 rings (SSSR count). The first-order valence-electron chi connectivity index (χ1n) is 5.80. The van der Waals surface area contributed by atoms with Gasteiger partial charge in [0.25, 0.3) is 0 Å². The first-order chi connectivity index (χ1) is 8.86. The van der Waals surface area contributed by atoms with E-state index >= 15 is 0 Å². The van der Waals surface area contributed by atoms with Crippen molar-refractivity contribution in [2.24, 2.45) is 11.7 Å². The van der Waals surface area contributed by atoms with Crippen LogP contribution in [-0.2, 0) is 9.53 Å². The second-order valence-electron chi connectivity index (χ2n) is 4.44. The number of hydrogen-bond acceptors (Lipinski definition) is 4. The Bertz CT molecular complexity index is 492. The van der Waals surface area contributed by atoms with Crippen molar-refractivity contribution in [3.63, 3.8) is 0 Å². The normalized spacial score (nSPS) is 12.1. The summed E-state index contributed by atoms with van der Waals surface area (Å²) in [6, 6.07) is 4.65. The Kier molecular flexibility index (Phi) is 5.57. The van der Waals surface area contributed by atoms with Gasteiger partial charge < -0.3 is 15.8 Å². The van der Waals surface area contributed by atoms with Gasteiger partial charge in [-0.25, -0.2) is 4.79 Å². The fraction of sp³-hybridized carbons (Fsp3) is 0.385. The number of nitrogens with two attached hydrogens (primary N) is 1. The standard InChI is InChI=1S/C13H17ClN2O2S/c1-7(2)11(13(17)18-3)16-10-5-4-8(14)6-9(10)12(15)19/h4-7,11,16H,1-3H3,(H2,15,19). The maximum atomic E-state index is 11.7. The van der Waals surface area contributed by atoms with E-state index < -0.39 is 6.04 Å². The van der Waals surface area contributed by atoms with E-state index in [0.717, 1.165) is 0 Å². The Labute approximate surface area is 123 Å². The number of halogens is 1. The summed E-state index contributed by atoms with van der Waals surface area (Å²) < 4.78 is 4.78. The lowest BCUT2D eigenvalue weighted by atomic mass is 10.0. The van der Waals surface area contributed by atoms with E-state index in [1.165, 1.54) is 7.11 Å². The molecular formula is C13H17ClN2O2S. The molecule has 0 bridgehead atoms. The average molecular weight is 301 g/mol. The molecule has 0 radical (unpaired) electrons. The van der Waals surface area contributed by atoms with E-state index in [1.54, 1.807) is 18.2 Å². The summed E-state index contributed by atoms with van der Waals surface area (Å²) in [6.07, 6.45) is 0. The minimum Gasteiger partial charge on any atom is -0.467 e. The highest BCUT2D eigenvalue weighted by Crippen LogP contribution is 2.23. The molecule has 1 atom stereocenters. The third-order valence-corrected chi connectivity index (χ3v) is 3.13. The van der Waals surface area contributed by atoms with Gasteiger partial charge in [-0.3, -0.25) is 0 Å². The summed E-state index contributed by atoms with van der Waals surface area (Å²) in [5.41, 5.74) is 6.94. The monoisotopic (exact) mass is 300 g/mol. The molecule has 3 N–H and O–H groups in total. The molecule has 19 heavy (non-hydrogen) atoms. The predicted molar refractivity (Wildman–Crippen MR) is 81.6 cm³/mol. The van der Waals surface area contributed by atoms with E-state index in [2.05, 4.69) is 5.32 Å². The van der Waals surface area contributed by atoms with Gasteiger partial charge in [0.1, 0.15) is 11.0 Å². The number of benzene rings is 1. The zero-order valence-corrected chi connectivity index (χ0v) is 12.6. The Hall–Kier alpha value is -1.33. The number of nitrogens with one attached hydrogen (secondary N) is 1. The van der Waals surface area contributed by atoms with Crippen molar-refractivity contribution in [2.75, 3.05) is 12.4 Å². The van der Waals surface area contributed by atoms with Gasteiger partial charge in [0, 0.05) is 16.3 Å². The van der Waals surface area contributed by atoms with E-state index in [4.69, 9.17) is 34.3 Å². The van der Waals surface area contributed by atoms with Crippen molar-refractivity contribution >= 4 is 40.5 Å². The molecule has 6 heteroatoms. The van der Waals surface area contributed by atoms with E-state index in [1.807, 2.05) is 13.8 Å². The lowest BCUT2D eigenvalue weighted by Crippen LogP contribution is -2.36. The third kappa shape index (κ3) is 4.08. The molecule has 0 saturated carbocycles. The quantitative estimate of drug-likeness (QED) is 0.646. The number of methoxy groups -OCH3 is 1. The van der Waals surface area contributed by atoms with Crippen molar-refractivity contribution in [2.45, 2.75) is 19.9 Å².